The van der Waals surface area contributed by atoms with Gasteiger partial charge in [-0.15, -0.1) is 11.6 Å². The lowest BCUT2D eigenvalue weighted by Gasteiger charge is -2.22. The molecule has 28 heavy (non-hydrogen) atoms. The minimum atomic E-state index is -1.08. The summed E-state index contributed by atoms with van der Waals surface area (Å²) in [6, 6.07) is 11.9. The molecule has 2 unspecified atom stereocenters. The Bertz CT molecular complexity index is 836. The molecule has 9 heteroatoms. The van der Waals surface area contributed by atoms with Crippen LogP contribution < -0.4 is 16.5 Å². The van der Waals surface area contributed by atoms with Gasteiger partial charge in [-0.1, -0.05) is 42.5 Å². The van der Waals surface area contributed by atoms with Crippen molar-refractivity contribution in [3.8, 4) is 11.1 Å². The Balaban J connectivity index is 1.79. The summed E-state index contributed by atoms with van der Waals surface area (Å²) in [4.78, 5) is 11.4. The topological polar surface area (TPSA) is 125 Å². The summed E-state index contributed by atoms with van der Waals surface area (Å²) >= 11 is 5.45. The Morgan fingerprint density at radius 1 is 1.25 bits per heavy atom. The van der Waals surface area contributed by atoms with E-state index in [1.807, 2.05) is 30.3 Å². The first-order chi connectivity index (χ1) is 13.5. The standard InChI is InChI=1S/C19H22BClN2O5/c21-8-18(25)23-16(10-24)19(26)12-3-1-11(2-4-12)13-5-6-14-15(7-13)20(27)28-17(14)9-22/h1-7,16-17,19,24,26-27H,8-10,22H2,(H,23,25)/t16?,17-,19?/m1/s1. The van der Waals surface area contributed by atoms with E-state index in [9.17, 15) is 20.0 Å². The molecule has 0 aliphatic carbocycles. The van der Waals surface area contributed by atoms with Crippen molar-refractivity contribution in [2.75, 3.05) is 19.0 Å². The molecule has 2 aromatic rings. The van der Waals surface area contributed by atoms with Gasteiger partial charge in [0.1, 0.15) is 12.0 Å². The van der Waals surface area contributed by atoms with Gasteiger partial charge in [-0.2, -0.15) is 0 Å². The van der Waals surface area contributed by atoms with Gasteiger partial charge < -0.3 is 30.9 Å². The van der Waals surface area contributed by atoms with Gasteiger partial charge in [-0.3, -0.25) is 4.79 Å². The van der Waals surface area contributed by atoms with E-state index in [0.717, 1.165) is 16.7 Å². The highest BCUT2D eigenvalue weighted by Gasteiger charge is 2.34. The van der Waals surface area contributed by atoms with Gasteiger partial charge in [0.15, 0.2) is 0 Å². The molecule has 148 valence electrons. The number of benzene rings is 2. The largest absolute Gasteiger partial charge is 0.492 e. The number of amides is 1. The Kier molecular flexibility index (Phi) is 6.71. The number of halogens is 1. The van der Waals surface area contributed by atoms with Crippen LogP contribution in [0.4, 0.5) is 0 Å². The third kappa shape index (κ3) is 4.22. The third-order valence-electron chi connectivity index (χ3n) is 4.84. The van der Waals surface area contributed by atoms with Crippen LogP contribution in [0.2, 0.25) is 0 Å². The first-order valence-electron chi connectivity index (χ1n) is 8.90. The van der Waals surface area contributed by atoms with Crippen LogP contribution in [0.5, 0.6) is 0 Å². The van der Waals surface area contributed by atoms with Crippen molar-refractivity contribution in [2.45, 2.75) is 18.2 Å². The summed E-state index contributed by atoms with van der Waals surface area (Å²) in [6.07, 6.45) is -1.39. The zero-order valence-electron chi connectivity index (χ0n) is 15.1. The number of nitrogens with two attached hydrogens (primary N) is 1. The second-order valence-electron chi connectivity index (χ2n) is 6.61. The highest BCUT2D eigenvalue weighted by molar-refractivity contribution is 6.61. The predicted octanol–water partition coefficient (Wildman–Crippen LogP) is -0.180. The molecule has 0 saturated heterocycles. The summed E-state index contributed by atoms with van der Waals surface area (Å²) in [7, 11) is -1.000. The average molecular weight is 405 g/mol. The van der Waals surface area contributed by atoms with Crippen LogP contribution in [0.25, 0.3) is 11.1 Å². The van der Waals surface area contributed by atoms with Gasteiger partial charge in [0, 0.05) is 6.54 Å². The molecule has 0 saturated carbocycles. The first-order valence-corrected chi connectivity index (χ1v) is 9.44. The van der Waals surface area contributed by atoms with E-state index in [1.165, 1.54) is 0 Å². The second-order valence-corrected chi connectivity index (χ2v) is 6.88. The maximum atomic E-state index is 11.4. The monoisotopic (exact) mass is 404 g/mol. The number of alkyl halides is 1. The summed E-state index contributed by atoms with van der Waals surface area (Å²) < 4.78 is 5.43. The Morgan fingerprint density at radius 3 is 2.54 bits per heavy atom. The SMILES string of the molecule is NC[C@H]1OB(O)c2cc(-c3ccc(C(O)C(CO)NC(=O)CCl)cc3)ccc21. The first kappa shape index (κ1) is 20.8. The molecule has 3 rings (SSSR count). The van der Waals surface area contributed by atoms with E-state index < -0.39 is 31.8 Å². The molecule has 0 spiro atoms. The van der Waals surface area contributed by atoms with Crippen LogP contribution in [0, 0.1) is 0 Å². The molecule has 7 nitrogen and oxygen atoms in total. The number of hydrogen-bond acceptors (Lipinski definition) is 6. The quantitative estimate of drug-likeness (QED) is 0.322. The maximum absolute atomic E-state index is 11.4. The van der Waals surface area contributed by atoms with Crippen molar-refractivity contribution < 1.29 is 24.7 Å². The van der Waals surface area contributed by atoms with E-state index >= 15 is 0 Å². The fourth-order valence-electron chi connectivity index (χ4n) is 3.32. The van der Waals surface area contributed by atoms with Crippen LogP contribution in [0.1, 0.15) is 23.3 Å². The lowest BCUT2D eigenvalue weighted by molar-refractivity contribution is -0.120. The summed E-state index contributed by atoms with van der Waals surface area (Å²) in [5.41, 5.74) is 9.56. The summed E-state index contributed by atoms with van der Waals surface area (Å²) in [6.45, 7) is -0.126. The van der Waals surface area contributed by atoms with Gasteiger partial charge in [0.2, 0.25) is 5.91 Å². The predicted molar refractivity (Wildman–Crippen MR) is 107 cm³/mol. The minimum Gasteiger partial charge on any atom is -0.423 e. The molecule has 0 radical (unpaired) electrons. The van der Waals surface area contributed by atoms with Crippen molar-refractivity contribution in [3.05, 3.63) is 53.6 Å². The van der Waals surface area contributed by atoms with Crippen LogP contribution in [-0.4, -0.2) is 53.3 Å². The molecule has 1 amide bonds. The maximum Gasteiger partial charge on any atom is 0.492 e. The van der Waals surface area contributed by atoms with E-state index in [-0.39, 0.29) is 12.0 Å². The number of rotatable bonds is 7. The van der Waals surface area contributed by atoms with Gasteiger partial charge in [0.25, 0.3) is 0 Å². The van der Waals surface area contributed by atoms with Crippen LogP contribution in [0.15, 0.2) is 42.5 Å². The van der Waals surface area contributed by atoms with Crippen LogP contribution in [-0.2, 0) is 9.45 Å². The van der Waals surface area contributed by atoms with Crippen molar-refractivity contribution in [1.29, 1.82) is 0 Å². The minimum absolute atomic E-state index is 0.249. The van der Waals surface area contributed by atoms with E-state index in [0.29, 0.717) is 17.6 Å². The smallest absolute Gasteiger partial charge is 0.423 e. The molecule has 6 N–H and O–H groups in total. The fraction of sp³-hybridized carbons (Fsp3) is 0.316. The zero-order valence-corrected chi connectivity index (χ0v) is 15.8. The fourth-order valence-corrected chi connectivity index (χ4v) is 3.40. The molecular weight excluding hydrogens is 382 g/mol. The molecule has 2 aromatic carbocycles. The summed E-state index contributed by atoms with van der Waals surface area (Å²) in [5, 5.41) is 32.4. The van der Waals surface area contributed by atoms with Gasteiger partial charge in [0.05, 0.1) is 18.8 Å². The Hall–Kier alpha value is -1.94. The van der Waals surface area contributed by atoms with Gasteiger partial charge >= 0.3 is 7.12 Å². The molecule has 0 bridgehead atoms. The van der Waals surface area contributed by atoms with E-state index in [1.54, 1.807) is 12.1 Å². The molecular formula is C19H22BClN2O5. The van der Waals surface area contributed by atoms with Crippen molar-refractivity contribution >= 4 is 30.1 Å². The lowest BCUT2D eigenvalue weighted by atomic mass is 9.78. The number of carbonyl (C=O) groups is 1. The molecule has 1 aliphatic rings. The third-order valence-corrected chi connectivity index (χ3v) is 5.08. The number of aliphatic hydroxyl groups is 2. The average Bonchev–Trinajstić information content (AvgIpc) is 3.06. The number of aliphatic hydroxyl groups excluding tert-OH is 2. The molecule has 1 aliphatic heterocycles. The molecule has 1 heterocycles. The Morgan fingerprint density at radius 2 is 1.93 bits per heavy atom. The highest BCUT2D eigenvalue weighted by atomic mass is 35.5. The number of fused-ring (bicyclic) bond motifs is 1. The normalized spacial score (nSPS) is 17.9. The molecule has 0 aromatic heterocycles. The van der Waals surface area contributed by atoms with Crippen molar-refractivity contribution in [3.63, 3.8) is 0 Å². The number of carbonyl (C=O) groups excluding carboxylic acids is 1. The summed E-state index contributed by atoms with van der Waals surface area (Å²) in [5.74, 6) is -0.716. The van der Waals surface area contributed by atoms with E-state index in [2.05, 4.69) is 5.32 Å². The van der Waals surface area contributed by atoms with Crippen LogP contribution in [0.3, 0.4) is 0 Å². The highest BCUT2D eigenvalue weighted by Crippen LogP contribution is 2.28. The Labute approximate surface area is 168 Å². The van der Waals surface area contributed by atoms with Crippen LogP contribution >= 0.6 is 11.6 Å². The van der Waals surface area contributed by atoms with Gasteiger partial charge in [-0.05, 0) is 27.7 Å². The molecule has 0 fully saturated rings. The second kappa shape index (κ2) is 9.04. The number of nitrogens with one attached hydrogen (secondary N) is 1. The zero-order chi connectivity index (χ0) is 20.3. The lowest BCUT2D eigenvalue weighted by Crippen LogP contribution is -2.42. The van der Waals surface area contributed by atoms with Gasteiger partial charge in [-0.25, -0.2) is 0 Å². The number of hydrogen-bond donors (Lipinski definition) is 5. The molecule has 3 atom stereocenters. The van der Waals surface area contributed by atoms with Crippen molar-refractivity contribution in [1.82, 2.24) is 5.32 Å². The van der Waals surface area contributed by atoms with E-state index in [4.69, 9.17) is 22.0 Å². The van der Waals surface area contributed by atoms with Crippen molar-refractivity contribution in [2.24, 2.45) is 5.73 Å².